The minimum Gasteiger partial charge on any atom is -0.327 e. The van der Waals surface area contributed by atoms with Crippen LogP contribution in [0.25, 0.3) is 6.08 Å². The summed E-state index contributed by atoms with van der Waals surface area (Å²) in [6, 6.07) is 17.4. The Bertz CT molecular complexity index is 737. The van der Waals surface area contributed by atoms with Gasteiger partial charge in [0, 0.05) is 0 Å². The molecule has 1 heterocycles. The fourth-order valence-electron chi connectivity index (χ4n) is 2.28. The molecule has 0 unspecified atom stereocenters. The predicted molar refractivity (Wildman–Crippen MR) is 88.8 cm³/mol. The third-order valence-electron chi connectivity index (χ3n) is 3.35. The van der Waals surface area contributed by atoms with Crippen molar-refractivity contribution in [2.24, 2.45) is 0 Å². The van der Waals surface area contributed by atoms with Gasteiger partial charge in [0.25, 0.3) is 5.91 Å². The summed E-state index contributed by atoms with van der Waals surface area (Å²) in [4.78, 5) is 14.1. The van der Waals surface area contributed by atoms with Gasteiger partial charge in [0.05, 0.1) is 5.69 Å². The first-order chi connectivity index (χ1) is 10.2. The molecule has 0 bridgehead atoms. The molecule has 2 aromatic rings. The van der Waals surface area contributed by atoms with Gasteiger partial charge in [0.15, 0.2) is 5.11 Å². The number of nitrogens with zero attached hydrogens (tertiary/aromatic N) is 1. The number of benzene rings is 2. The van der Waals surface area contributed by atoms with Crippen molar-refractivity contribution < 1.29 is 4.79 Å². The molecule has 0 spiro atoms. The Hall–Kier alpha value is -2.46. The lowest BCUT2D eigenvalue weighted by Crippen LogP contribution is -2.30. The van der Waals surface area contributed by atoms with Crippen molar-refractivity contribution in [1.29, 1.82) is 0 Å². The van der Waals surface area contributed by atoms with E-state index in [1.807, 2.05) is 67.6 Å². The van der Waals surface area contributed by atoms with Crippen LogP contribution in [0.15, 0.2) is 60.3 Å². The lowest BCUT2D eigenvalue weighted by molar-refractivity contribution is -0.113. The van der Waals surface area contributed by atoms with Gasteiger partial charge in [-0.25, -0.2) is 0 Å². The second kappa shape index (κ2) is 5.50. The molecule has 0 atom stereocenters. The molecule has 1 aliphatic heterocycles. The average Bonchev–Trinajstić information content (AvgIpc) is 2.76. The van der Waals surface area contributed by atoms with Crippen LogP contribution in [-0.4, -0.2) is 11.0 Å². The monoisotopic (exact) mass is 294 g/mol. The Morgan fingerprint density at radius 1 is 1.05 bits per heavy atom. The number of carbonyl (C=O) groups is 1. The van der Waals surface area contributed by atoms with Crippen molar-refractivity contribution in [3.63, 3.8) is 0 Å². The summed E-state index contributed by atoms with van der Waals surface area (Å²) < 4.78 is 0. The zero-order chi connectivity index (χ0) is 14.8. The van der Waals surface area contributed by atoms with Crippen LogP contribution in [-0.2, 0) is 4.79 Å². The van der Waals surface area contributed by atoms with Crippen molar-refractivity contribution in [2.75, 3.05) is 4.90 Å². The standard InChI is InChI=1S/C17H14N2OS/c1-12-7-5-6-10-15(12)19-16(20)14(18-17(19)21)11-13-8-3-2-4-9-13/h2-11H,1H3,(H,18,21)/b14-11+. The number of hydrogen-bond donors (Lipinski definition) is 1. The number of rotatable bonds is 2. The van der Waals surface area contributed by atoms with E-state index in [2.05, 4.69) is 5.32 Å². The van der Waals surface area contributed by atoms with E-state index >= 15 is 0 Å². The summed E-state index contributed by atoms with van der Waals surface area (Å²) in [5.74, 6) is -0.127. The summed E-state index contributed by atoms with van der Waals surface area (Å²) in [7, 11) is 0. The first-order valence-electron chi connectivity index (χ1n) is 6.64. The average molecular weight is 294 g/mol. The first kappa shape index (κ1) is 13.5. The Balaban J connectivity index is 1.97. The van der Waals surface area contributed by atoms with Crippen molar-refractivity contribution >= 4 is 35.0 Å². The predicted octanol–water partition coefficient (Wildman–Crippen LogP) is 3.26. The highest BCUT2D eigenvalue weighted by atomic mass is 32.1. The third-order valence-corrected chi connectivity index (χ3v) is 3.63. The van der Waals surface area contributed by atoms with E-state index in [4.69, 9.17) is 12.2 Å². The molecule has 4 heteroatoms. The lowest BCUT2D eigenvalue weighted by atomic mass is 10.1. The number of para-hydroxylation sites is 1. The molecule has 1 N–H and O–H groups in total. The lowest BCUT2D eigenvalue weighted by Gasteiger charge is -2.16. The van der Waals surface area contributed by atoms with Crippen LogP contribution in [0.1, 0.15) is 11.1 Å². The van der Waals surface area contributed by atoms with Crippen LogP contribution in [0.5, 0.6) is 0 Å². The van der Waals surface area contributed by atoms with Gasteiger partial charge in [-0.3, -0.25) is 9.69 Å². The minimum atomic E-state index is -0.127. The number of anilines is 1. The largest absolute Gasteiger partial charge is 0.327 e. The van der Waals surface area contributed by atoms with Crippen LogP contribution in [0.4, 0.5) is 5.69 Å². The summed E-state index contributed by atoms with van der Waals surface area (Å²) in [6.07, 6.45) is 1.81. The molecule has 3 nitrogen and oxygen atoms in total. The zero-order valence-electron chi connectivity index (χ0n) is 11.5. The molecule has 3 rings (SSSR count). The second-order valence-electron chi connectivity index (χ2n) is 4.83. The van der Waals surface area contributed by atoms with Crippen LogP contribution >= 0.6 is 12.2 Å². The Morgan fingerprint density at radius 2 is 1.71 bits per heavy atom. The van der Waals surface area contributed by atoms with Gasteiger partial charge in [-0.2, -0.15) is 0 Å². The van der Waals surface area contributed by atoms with Crippen LogP contribution in [0.3, 0.4) is 0 Å². The number of aryl methyl sites for hydroxylation is 1. The minimum absolute atomic E-state index is 0.127. The van der Waals surface area contributed by atoms with Crippen molar-refractivity contribution in [3.8, 4) is 0 Å². The molecule has 0 aliphatic carbocycles. The van der Waals surface area contributed by atoms with E-state index in [-0.39, 0.29) is 5.91 Å². The molecule has 1 fully saturated rings. The fourth-order valence-corrected chi connectivity index (χ4v) is 2.58. The maximum atomic E-state index is 12.6. The van der Waals surface area contributed by atoms with Crippen molar-refractivity contribution in [2.45, 2.75) is 6.92 Å². The zero-order valence-corrected chi connectivity index (χ0v) is 12.4. The first-order valence-corrected chi connectivity index (χ1v) is 7.05. The summed E-state index contributed by atoms with van der Waals surface area (Å²) >= 11 is 5.31. The normalized spacial score (nSPS) is 16.4. The second-order valence-corrected chi connectivity index (χ2v) is 5.21. The van der Waals surface area contributed by atoms with E-state index < -0.39 is 0 Å². The van der Waals surface area contributed by atoms with E-state index in [1.54, 1.807) is 4.90 Å². The van der Waals surface area contributed by atoms with Crippen LogP contribution < -0.4 is 10.2 Å². The molecule has 2 aromatic carbocycles. The molecule has 0 radical (unpaired) electrons. The smallest absolute Gasteiger partial charge is 0.281 e. The van der Waals surface area contributed by atoms with Gasteiger partial charge >= 0.3 is 0 Å². The number of hydrogen-bond acceptors (Lipinski definition) is 2. The SMILES string of the molecule is Cc1ccccc1N1C(=O)/C(=C\c2ccccc2)NC1=S. The highest BCUT2D eigenvalue weighted by Crippen LogP contribution is 2.25. The van der Waals surface area contributed by atoms with Gasteiger partial charge in [-0.05, 0) is 42.4 Å². The molecule has 1 aliphatic rings. The van der Waals surface area contributed by atoms with Gasteiger partial charge < -0.3 is 5.32 Å². The van der Waals surface area contributed by atoms with E-state index in [9.17, 15) is 4.79 Å². The number of amides is 1. The number of carbonyl (C=O) groups excluding carboxylic acids is 1. The Labute approximate surface area is 128 Å². The number of nitrogens with one attached hydrogen (secondary N) is 1. The van der Waals surface area contributed by atoms with E-state index in [0.29, 0.717) is 10.8 Å². The highest BCUT2D eigenvalue weighted by molar-refractivity contribution is 7.80. The molecule has 21 heavy (non-hydrogen) atoms. The molecular weight excluding hydrogens is 280 g/mol. The molecule has 0 aromatic heterocycles. The van der Waals surface area contributed by atoms with Gasteiger partial charge in [0.2, 0.25) is 0 Å². The quantitative estimate of drug-likeness (QED) is 0.681. The number of thiocarbonyl (C=S) groups is 1. The highest BCUT2D eigenvalue weighted by Gasteiger charge is 2.32. The summed E-state index contributed by atoms with van der Waals surface area (Å²) in [6.45, 7) is 1.96. The van der Waals surface area contributed by atoms with Gasteiger partial charge in [0.1, 0.15) is 5.70 Å². The molecule has 1 amide bonds. The third kappa shape index (κ3) is 2.58. The van der Waals surface area contributed by atoms with E-state index in [0.717, 1.165) is 16.8 Å². The molecule has 104 valence electrons. The van der Waals surface area contributed by atoms with Crippen LogP contribution in [0.2, 0.25) is 0 Å². The van der Waals surface area contributed by atoms with Crippen LogP contribution in [0, 0.1) is 6.92 Å². The maximum Gasteiger partial charge on any atom is 0.281 e. The molecule has 0 saturated carbocycles. The van der Waals surface area contributed by atoms with Gasteiger partial charge in [-0.1, -0.05) is 48.5 Å². The summed E-state index contributed by atoms with van der Waals surface area (Å²) in [5.41, 5.74) is 3.28. The Kier molecular flexibility index (Phi) is 3.54. The summed E-state index contributed by atoms with van der Waals surface area (Å²) in [5, 5.41) is 3.41. The van der Waals surface area contributed by atoms with Crippen molar-refractivity contribution in [3.05, 3.63) is 71.4 Å². The fraction of sp³-hybridized carbons (Fsp3) is 0.0588. The molecular formula is C17H14N2OS. The maximum absolute atomic E-state index is 12.6. The van der Waals surface area contributed by atoms with Gasteiger partial charge in [-0.15, -0.1) is 0 Å². The van der Waals surface area contributed by atoms with Crippen molar-refractivity contribution in [1.82, 2.24) is 5.32 Å². The van der Waals surface area contributed by atoms with E-state index in [1.165, 1.54) is 0 Å². The molecule has 1 saturated heterocycles. The Morgan fingerprint density at radius 3 is 2.43 bits per heavy atom. The topological polar surface area (TPSA) is 32.3 Å².